The van der Waals surface area contributed by atoms with E-state index in [1.54, 1.807) is 0 Å². The molecular formula is C41H56N3O+. The fourth-order valence-electron chi connectivity index (χ4n) is 8.80. The highest BCUT2D eigenvalue weighted by atomic mass is 16.3. The van der Waals surface area contributed by atoms with Crippen LogP contribution in [0.1, 0.15) is 97.6 Å². The van der Waals surface area contributed by atoms with Gasteiger partial charge in [0.1, 0.15) is 13.1 Å². The van der Waals surface area contributed by atoms with Gasteiger partial charge in [0.15, 0.2) is 0 Å². The second kappa shape index (κ2) is 12.9. The minimum atomic E-state index is -0.0223. The van der Waals surface area contributed by atoms with E-state index in [0.29, 0.717) is 18.6 Å². The molecule has 0 radical (unpaired) electrons. The Labute approximate surface area is 272 Å². The van der Waals surface area contributed by atoms with E-state index in [0.717, 1.165) is 71.1 Å². The van der Waals surface area contributed by atoms with Gasteiger partial charge in [0.05, 0.1) is 0 Å². The molecule has 1 N–H and O–H groups in total. The molecule has 2 aromatic carbocycles. The summed E-state index contributed by atoms with van der Waals surface area (Å²) in [6.07, 6.45) is 15.2. The lowest BCUT2D eigenvalue weighted by Crippen LogP contribution is -2.41. The monoisotopic (exact) mass is 606 g/mol. The first-order chi connectivity index (χ1) is 21.7. The number of hydrogen-bond acceptors (Lipinski definition) is 3. The summed E-state index contributed by atoms with van der Waals surface area (Å²) >= 11 is 0. The van der Waals surface area contributed by atoms with Crippen molar-refractivity contribution in [3.05, 3.63) is 94.7 Å². The van der Waals surface area contributed by atoms with Crippen LogP contribution < -0.4 is 9.80 Å². The van der Waals surface area contributed by atoms with E-state index in [-0.39, 0.29) is 10.8 Å². The van der Waals surface area contributed by atoms with Crippen molar-refractivity contribution in [1.82, 2.24) is 0 Å². The van der Waals surface area contributed by atoms with E-state index < -0.39 is 0 Å². The Morgan fingerprint density at radius 3 is 2.16 bits per heavy atom. The van der Waals surface area contributed by atoms with Crippen molar-refractivity contribution >= 4 is 17.1 Å². The lowest BCUT2D eigenvalue weighted by Gasteiger charge is -2.34. The number of aliphatic hydroxyl groups is 1. The van der Waals surface area contributed by atoms with Crippen LogP contribution in [0.25, 0.3) is 0 Å². The maximum atomic E-state index is 9.88. The Balaban J connectivity index is 1.36. The molecule has 45 heavy (non-hydrogen) atoms. The third-order valence-electron chi connectivity index (χ3n) is 11.3. The SMILES string of the molecule is CCCN1C(=CC=C2CCC(=CCC3N(CCC)c4ccccc4C3(C)C)C2=[N+]2CCC(CO)CC2)C(C)(C)c2ccccc21. The quantitative estimate of drug-likeness (QED) is 0.306. The number of para-hydroxylation sites is 2. The lowest BCUT2D eigenvalue weighted by molar-refractivity contribution is -0.540. The van der Waals surface area contributed by atoms with Gasteiger partial charge in [-0.1, -0.05) is 90.1 Å². The molecule has 1 saturated heterocycles. The minimum absolute atomic E-state index is 0.0223. The first-order valence-electron chi connectivity index (χ1n) is 17.8. The molecule has 0 spiro atoms. The van der Waals surface area contributed by atoms with Gasteiger partial charge in [-0.2, -0.15) is 0 Å². The van der Waals surface area contributed by atoms with E-state index in [1.807, 2.05) is 0 Å². The van der Waals surface area contributed by atoms with Gasteiger partial charge in [0, 0.05) is 77.6 Å². The second-order valence-corrected chi connectivity index (χ2v) is 14.9. The smallest absolute Gasteiger partial charge is 0.206 e. The van der Waals surface area contributed by atoms with Crippen LogP contribution >= 0.6 is 0 Å². The molecule has 1 aliphatic carbocycles. The second-order valence-electron chi connectivity index (χ2n) is 14.9. The summed E-state index contributed by atoms with van der Waals surface area (Å²) in [4.78, 5) is 5.25. The maximum absolute atomic E-state index is 9.88. The molecule has 0 amide bonds. The highest BCUT2D eigenvalue weighted by molar-refractivity contribution is 6.11. The zero-order valence-electron chi connectivity index (χ0n) is 28.8. The summed E-state index contributed by atoms with van der Waals surface area (Å²) in [5, 5.41) is 9.88. The molecule has 3 heterocycles. The van der Waals surface area contributed by atoms with E-state index in [1.165, 1.54) is 45.1 Å². The van der Waals surface area contributed by atoms with Gasteiger partial charge in [0.2, 0.25) is 5.71 Å². The zero-order chi connectivity index (χ0) is 31.8. The molecule has 6 rings (SSSR count). The number of nitrogens with zero attached hydrogens (tertiary/aromatic N) is 3. The van der Waals surface area contributed by atoms with E-state index in [9.17, 15) is 5.11 Å². The number of benzene rings is 2. The molecule has 1 atom stereocenters. The van der Waals surface area contributed by atoms with Gasteiger partial charge in [-0.05, 0) is 67.4 Å². The van der Waals surface area contributed by atoms with Crippen LogP contribution in [0.3, 0.4) is 0 Å². The van der Waals surface area contributed by atoms with Gasteiger partial charge in [-0.25, -0.2) is 4.58 Å². The molecule has 4 aliphatic rings. The highest BCUT2D eigenvalue weighted by Gasteiger charge is 2.44. The van der Waals surface area contributed by atoms with Gasteiger partial charge in [-0.15, -0.1) is 0 Å². The molecule has 0 bridgehead atoms. The molecule has 2 aromatic rings. The highest BCUT2D eigenvalue weighted by Crippen LogP contribution is 2.48. The van der Waals surface area contributed by atoms with Gasteiger partial charge in [0.25, 0.3) is 0 Å². The molecule has 4 nitrogen and oxygen atoms in total. The van der Waals surface area contributed by atoms with Crippen molar-refractivity contribution in [1.29, 1.82) is 0 Å². The molecule has 240 valence electrons. The van der Waals surface area contributed by atoms with E-state index in [2.05, 4.69) is 123 Å². The normalized spacial score (nSPS) is 26.4. The van der Waals surface area contributed by atoms with Crippen LogP contribution in [0, 0.1) is 5.92 Å². The molecule has 1 unspecified atom stereocenters. The summed E-state index contributed by atoms with van der Waals surface area (Å²) in [6, 6.07) is 18.5. The Hall–Kier alpha value is -3.11. The van der Waals surface area contributed by atoms with Crippen molar-refractivity contribution in [3.63, 3.8) is 0 Å². The van der Waals surface area contributed by atoms with E-state index in [4.69, 9.17) is 0 Å². The van der Waals surface area contributed by atoms with Crippen molar-refractivity contribution in [2.75, 3.05) is 42.6 Å². The van der Waals surface area contributed by atoms with Crippen LogP contribution in [0.15, 0.2) is 83.6 Å². The summed E-state index contributed by atoms with van der Waals surface area (Å²) in [5.74, 6) is 0.436. The fraction of sp³-hybridized carbons (Fsp3) is 0.537. The molecule has 3 aliphatic heterocycles. The van der Waals surface area contributed by atoms with Gasteiger partial charge < -0.3 is 14.9 Å². The summed E-state index contributed by atoms with van der Waals surface area (Å²) in [6.45, 7) is 18.8. The molecule has 2 fully saturated rings. The molecular weight excluding hydrogens is 550 g/mol. The van der Waals surface area contributed by atoms with Crippen LogP contribution in [0.4, 0.5) is 11.4 Å². The third-order valence-corrected chi connectivity index (χ3v) is 11.3. The Bertz CT molecular complexity index is 1510. The largest absolute Gasteiger partial charge is 0.396 e. The maximum Gasteiger partial charge on any atom is 0.206 e. The van der Waals surface area contributed by atoms with Crippen LogP contribution in [0.5, 0.6) is 0 Å². The van der Waals surface area contributed by atoms with Gasteiger partial charge >= 0.3 is 0 Å². The number of piperidine rings is 1. The zero-order valence-corrected chi connectivity index (χ0v) is 28.8. The predicted octanol–water partition coefficient (Wildman–Crippen LogP) is 8.55. The van der Waals surface area contributed by atoms with Crippen LogP contribution in [0.2, 0.25) is 0 Å². The van der Waals surface area contributed by atoms with Crippen molar-refractivity contribution < 1.29 is 9.68 Å². The average molecular weight is 607 g/mol. The summed E-state index contributed by atoms with van der Waals surface area (Å²) in [7, 11) is 0. The van der Waals surface area contributed by atoms with Crippen LogP contribution in [-0.2, 0) is 10.8 Å². The Kier molecular flexibility index (Phi) is 9.17. The number of hydrogen-bond donors (Lipinski definition) is 1. The number of allylic oxidation sites excluding steroid dienone is 5. The lowest BCUT2D eigenvalue weighted by atomic mass is 9.79. The average Bonchev–Trinajstić information content (AvgIpc) is 3.62. The third kappa shape index (κ3) is 5.73. The first-order valence-corrected chi connectivity index (χ1v) is 17.8. The number of aliphatic hydroxyl groups excluding tert-OH is 1. The minimum Gasteiger partial charge on any atom is -0.396 e. The van der Waals surface area contributed by atoms with Gasteiger partial charge in [-0.3, -0.25) is 0 Å². The van der Waals surface area contributed by atoms with Crippen molar-refractivity contribution in [2.45, 2.75) is 103 Å². The summed E-state index contributed by atoms with van der Waals surface area (Å²) < 4.78 is 2.66. The van der Waals surface area contributed by atoms with E-state index >= 15 is 0 Å². The number of fused-ring (bicyclic) bond motifs is 2. The topological polar surface area (TPSA) is 29.7 Å². The molecule has 1 saturated carbocycles. The predicted molar refractivity (Wildman–Crippen MR) is 191 cm³/mol. The standard InChI is InChI=1S/C41H56N3O/c1-7-25-43-35-15-11-9-13-33(35)40(3,4)37(43)21-19-31-17-18-32(39(31)42-27-23-30(29-45)24-28-42)20-22-38-41(5,6)34-14-10-12-16-36(34)44(38)26-8-2/h9-16,19-21,30,38,45H,7-8,17-18,22-29H2,1-6H3/q+1. The van der Waals surface area contributed by atoms with Crippen molar-refractivity contribution in [2.24, 2.45) is 5.92 Å². The number of rotatable bonds is 8. The molecule has 4 heteroatoms. The summed E-state index contributed by atoms with van der Waals surface area (Å²) in [5.41, 5.74) is 11.7. The van der Waals surface area contributed by atoms with Crippen LogP contribution in [-0.4, -0.2) is 54.2 Å². The first kappa shape index (κ1) is 31.9. The number of anilines is 2. The fourth-order valence-corrected chi connectivity index (χ4v) is 8.80. The Morgan fingerprint density at radius 1 is 0.822 bits per heavy atom. The molecule has 0 aromatic heterocycles. The van der Waals surface area contributed by atoms with Crippen molar-refractivity contribution in [3.8, 4) is 0 Å². The Morgan fingerprint density at radius 2 is 1.47 bits per heavy atom.